The van der Waals surface area contributed by atoms with Crippen molar-refractivity contribution in [3.63, 3.8) is 0 Å². The monoisotopic (exact) mass is 433 g/mol. The van der Waals surface area contributed by atoms with E-state index >= 15 is 0 Å². The standard InChI is InChI=1S/C21H27N3O3S2/c1-15-18-8-3-2-6-16(18)9-12-24(15)29(26,27)19-10-13-28-20(19)21(25)23-14-17-7-4-5-11-22-17/h2-3,6,8,10,13,15,17,22H,4-5,7,9,11-12,14H2,1H3,(H,23,25)/t15?,17-/m1/s1. The molecular weight excluding hydrogens is 406 g/mol. The van der Waals surface area contributed by atoms with Crippen molar-refractivity contribution in [3.05, 3.63) is 51.7 Å². The third kappa shape index (κ3) is 4.12. The zero-order valence-corrected chi connectivity index (χ0v) is 18.2. The molecule has 1 aromatic carbocycles. The van der Waals surface area contributed by atoms with Gasteiger partial charge in [-0.3, -0.25) is 4.79 Å². The highest BCUT2D eigenvalue weighted by molar-refractivity contribution is 7.89. The number of carbonyl (C=O) groups excluding carboxylic acids is 1. The fourth-order valence-corrected chi connectivity index (χ4v) is 7.20. The summed E-state index contributed by atoms with van der Waals surface area (Å²) in [6, 6.07) is 9.52. The molecule has 2 aliphatic heterocycles. The molecule has 8 heteroatoms. The van der Waals surface area contributed by atoms with Crippen molar-refractivity contribution < 1.29 is 13.2 Å². The summed E-state index contributed by atoms with van der Waals surface area (Å²) in [5, 5.41) is 8.00. The minimum Gasteiger partial charge on any atom is -0.350 e. The Morgan fingerprint density at radius 3 is 2.90 bits per heavy atom. The Kier molecular flexibility index (Phi) is 6.06. The number of rotatable bonds is 5. The minimum atomic E-state index is -3.76. The highest BCUT2D eigenvalue weighted by Gasteiger charge is 2.36. The van der Waals surface area contributed by atoms with Crippen molar-refractivity contribution in [1.82, 2.24) is 14.9 Å². The van der Waals surface area contributed by atoms with Gasteiger partial charge in [0.2, 0.25) is 10.0 Å². The molecule has 1 aromatic heterocycles. The number of hydrogen-bond donors (Lipinski definition) is 2. The predicted molar refractivity (Wildman–Crippen MR) is 115 cm³/mol. The van der Waals surface area contributed by atoms with E-state index in [0.29, 0.717) is 19.5 Å². The summed E-state index contributed by atoms with van der Waals surface area (Å²) in [6.07, 6.45) is 4.02. The lowest BCUT2D eigenvalue weighted by atomic mass is 9.96. The number of hydrogen-bond acceptors (Lipinski definition) is 5. The van der Waals surface area contributed by atoms with E-state index in [1.807, 2.05) is 25.1 Å². The molecule has 0 radical (unpaired) electrons. The zero-order valence-electron chi connectivity index (χ0n) is 16.6. The Bertz CT molecular complexity index is 981. The lowest BCUT2D eigenvalue weighted by molar-refractivity contribution is 0.0948. The molecule has 2 atom stereocenters. The number of amides is 1. The van der Waals surface area contributed by atoms with Gasteiger partial charge in [-0.1, -0.05) is 30.7 Å². The fraction of sp³-hybridized carbons (Fsp3) is 0.476. The molecule has 2 aromatic rings. The van der Waals surface area contributed by atoms with Gasteiger partial charge in [0.25, 0.3) is 5.91 Å². The third-order valence-electron chi connectivity index (χ3n) is 5.88. The normalized spacial score (nSPS) is 22.8. The van der Waals surface area contributed by atoms with Crippen LogP contribution in [0.5, 0.6) is 0 Å². The van der Waals surface area contributed by atoms with E-state index in [2.05, 4.69) is 16.7 Å². The second kappa shape index (κ2) is 8.55. The molecule has 2 N–H and O–H groups in total. The Labute approximate surface area is 176 Å². The number of carbonyl (C=O) groups is 1. The Balaban J connectivity index is 1.53. The van der Waals surface area contributed by atoms with Gasteiger partial charge in [0.15, 0.2) is 0 Å². The van der Waals surface area contributed by atoms with E-state index in [0.717, 1.165) is 31.4 Å². The lowest BCUT2D eigenvalue weighted by Gasteiger charge is -2.34. The van der Waals surface area contributed by atoms with Crippen LogP contribution in [0.3, 0.4) is 0 Å². The maximum absolute atomic E-state index is 13.4. The highest BCUT2D eigenvalue weighted by Crippen LogP contribution is 2.35. The molecule has 6 nitrogen and oxygen atoms in total. The molecule has 156 valence electrons. The van der Waals surface area contributed by atoms with Gasteiger partial charge < -0.3 is 10.6 Å². The summed E-state index contributed by atoms with van der Waals surface area (Å²) in [6.45, 7) is 3.82. The van der Waals surface area contributed by atoms with Crippen LogP contribution >= 0.6 is 11.3 Å². The van der Waals surface area contributed by atoms with Gasteiger partial charge in [-0.25, -0.2) is 8.42 Å². The van der Waals surface area contributed by atoms with Crippen LogP contribution in [0.4, 0.5) is 0 Å². The molecule has 0 spiro atoms. The second-order valence-electron chi connectivity index (χ2n) is 7.71. The zero-order chi connectivity index (χ0) is 20.4. The molecule has 2 aliphatic rings. The van der Waals surface area contributed by atoms with Gasteiger partial charge in [-0.15, -0.1) is 11.3 Å². The molecule has 1 saturated heterocycles. The van der Waals surface area contributed by atoms with Crippen LogP contribution < -0.4 is 10.6 Å². The number of sulfonamides is 1. The van der Waals surface area contributed by atoms with E-state index in [1.165, 1.54) is 21.2 Å². The molecular formula is C21H27N3O3S2. The van der Waals surface area contributed by atoms with Crippen molar-refractivity contribution in [2.45, 2.75) is 49.6 Å². The van der Waals surface area contributed by atoms with Crippen molar-refractivity contribution in [1.29, 1.82) is 0 Å². The van der Waals surface area contributed by atoms with E-state index in [-0.39, 0.29) is 27.8 Å². The summed E-state index contributed by atoms with van der Waals surface area (Å²) in [5.41, 5.74) is 2.22. The maximum atomic E-state index is 13.4. The smallest absolute Gasteiger partial charge is 0.262 e. The number of fused-ring (bicyclic) bond motifs is 1. The number of nitrogens with one attached hydrogen (secondary N) is 2. The molecule has 0 saturated carbocycles. The molecule has 3 heterocycles. The van der Waals surface area contributed by atoms with Crippen LogP contribution in [-0.4, -0.2) is 44.3 Å². The van der Waals surface area contributed by atoms with Gasteiger partial charge in [0.1, 0.15) is 9.77 Å². The van der Waals surface area contributed by atoms with Crippen LogP contribution in [0, 0.1) is 0 Å². The Hall–Kier alpha value is -1.74. The van der Waals surface area contributed by atoms with E-state index in [4.69, 9.17) is 0 Å². The first kappa shape index (κ1) is 20.5. The fourth-order valence-electron chi connectivity index (χ4n) is 4.26. The average molecular weight is 434 g/mol. The quantitative estimate of drug-likeness (QED) is 0.760. The number of nitrogens with zero attached hydrogens (tertiary/aromatic N) is 1. The van der Waals surface area contributed by atoms with Crippen molar-refractivity contribution in [3.8, 4) is 0 Å². The van der Waals surface area contributed by atoms with Gasteiger partial charge in [-0.05, 0) is 55.3 Å². The second-order valence-corrected chi connectivity index (χ2v) is 10.5. The topological polar surface area (TPSA) is 78.5 Å². The number of thiophene rings is 1. The van der Waals surface area contributed by atoms with E-state index in [9.17, 15) is 13.2 Å². The molecule has 29 heavy (non-hydrogen) atoms. The Morgan fingerprint density at radius 2 is 2.10 bits per heavy atom. The summed E-state index contributed by atoms with van der Waals surface area (Å²) in [4.78, 5) is 13.2. The summed E-state index contributed by atoms with van der Waals surface area (Å²) in [5.74, 6) is -0.309. The first-order valence-electron chi connectivity index (χ1n) is 10.2. The maximum Gasteiger partial charge on any atom is 0.262 e. The van der Waals surface area contributed by atoms with Gasteiger partial charge in [0, 0.05) is 25.2 Å². The first-order chi connectivity index (χ1) is 14.0. The average Bonchev–Trinajstić information content (AvgIpc) is 3.24. The summed E-state index contributed by atoms with van der Waals surface area (Å²) < 4.78 is 28.4. The van der Waals surface area contributed by atoms with Crippen LogP contribution in [0.1, 0.15) is 53.0 Å². The van der Waals surface area contributed by atoms with Gasteiger partial charge in [-0.2, -0.15) is 4.31 Å². The first-order valence-corrected chi connectivity index (χ1v) is 12.5. The largest absolute Gasteiger partial charge is 0.350 e. The molecule has 0 aliphatic carbocycles. The number of benzene rings is 1. The SMILES string of the molecule is CC1c2ccccc2CCN1S(=O)(=O)c1ccsc1C(=O)NC[C@H]1CCCCN1. The molecule has 1 fully saturated rings. The van der Waals surface area contributed by atoms with Crippen molar-refractivity contribution in [2.24, 2.45) is 0 Å². The minimum absolute atomic E-state index is 0.114. The summed E-state index contributed by atoms with van der Waals surface area (Å²) >= 11 is 1.18. The van der Waals surface area contributed by atoms with E-state index in [1.54, 1.807) is 11.4 Å². The lowest BCUT2D eigenvalue weighted by Crippen LogP contribution is -2.43. The van der Waals surface area contributed by atoms with Gasteiger partial charge >= 0.3 is 0 Å². The van der Waals surface area contributed by atoms with Gasteiger partial charge in [0.05, 0.1) is 0 Å². The van der Waals surface area contributed by atoms with Crippen LogP contribution in [0.25, 0.3) is 0 Å². The number of piperidine rings is 1. The molecule has 4 rings (SSSR count). The molecule has 0 bridgehead atoms. The van der Waals surface area contributed by atoms with Crippen LogP contribution in [-0.2, 0) is 16.4 Å². The Morgan fingerprint density at radius 1 is 1.28 bits per heavy atom. The summed E-state index contributed by atoms with van der Waals surface area (Å²) in [7, 11) is -3.76. The van der Waals surface area contributed by atoms with Crippen molar-refractivity contribution in [2.75, 3.05) is 19.6 Å². The highest BCUT2D eigenvalue weighted by atomic mass is 32.2. The molecule has 1 unspecified atom stereocenters. The molecule has 1 amide bonds. The van der Waals surface area contributed by atoms with E-state index < -0.39 is 10.0 Å². The van der Waals surface area contributed by atoms with Crippen molar-refractivity contribution >= 4 is 27.3 Å². The van der Waals surface area contributed by atoms with Crippen LogP contribution in [0.2, 0.25) is 0 Å². The predicted octanol–water partition coefficient (Wildman–Crippen LogP) is 2.93. The van der Waals surface area contributed by atoms with Crippen LogP contribution in [0.15, 0.2) is 40.6 Å². The third-order valence-corrected chi connectivity index (χ3v) is 8.94.